The zero-order valence-electron chi connectivity index (χ0n) is 13.0. The largest absolute Gasteiger partial charge is 0.335 e. The van der Waals surface area contributed by atoms with Crippen molar-refractivity contribution < 1.29 is 14.0 Å². The Bertz CT molecular complexity index is 802. The number of hydrogen-bond acceptors (Lipinski definition) is 2. The average Bonchev–Trinajstić information content (AvgIpc) is 2.87. The molecule has 0 bridgehead atoms. The zero-order chi connectivity index (χ0) is 16.6. The predicted molar refractivity (Wildman–Crippen MR) is 85.9 cm³/mol. The minimum atomic E-state index is -0.406. The number of carbonyl (C=O) groups is 2. The molecule has 2 aromatic carbocycles. The van der Waals surface area contributed by atoms with Crippen LogP contribution in [-0.4, -0.2) is 23.3 Å². The minimum Gasteiger partial charge on any atom is -0.335 e. The van der Waals surface area contributed by atoms with Gasteiger partial charge in [0.1, 0.15) is 5.82 Å². The summed E-state index contributed by atoms with van der Waals surface area (Å²) < 4.78 is 13.6. The second-order valence-electron chi connectivity index (χ2n) is 5.58. The van der Waals surface area contributed by atoms with Gasteiger partial charge in [-0.3, -0.25) is 9.59 Å². The number of halogens is 1. The molecule has 2 amide bonds. The van der Waals surface area contributed by atoms with Crippen molar-refractivity contribution in [2.75, 3.05) is 11.9 Å². The van der Waals surface area contributed by atoms with Crippen molar-refractivity contribution in [3.8, 4) is 0 Å². The summed E-state index contributed by atoms with van der Waals surface area (Å²) in [4.78, 5) is 26.6. The van der Waals surface area contributed by atoms with E-state index in [1.807, 2.05) is 13.0 Å². The van der Waals surface area contributed by atoms with Gasteiger partial charge in [0, 0.05) is 18.8 Å². The van der Waals surface area contributed by atoms with Crippen LogP contribution in [0.3, 0.4) is 0 Å². The van der Waals surface area contributed by atoms with E-state index in [-0.39, 0.29) is 11.7 Å². The molecule has 118 valence electrons. The van der Waals surface area contributed by atoms with Crippen LogP contribution in [0, 0.1) is 12.7 Å². The summed E-state index contributed by atoms with van der Waals surface area (Å²) >= 11 is 0. The smallest absolute Gasteiger partial charge is 0.256 e. The van der Waals surface area contributed by atoms with Gasteiger partial charge in [-0.15, -0.1) is 0 Å². The summed E-state index contributed by atoms with van der Waals surface area (Å²) in [5.74, 6) is -0.922. The highest BCUT2D eigenvalue weighted by atomic mass is 19.1. The van der Waals surface area contributed by atoms with E-state index >= 15 is 0 Å². The van der Waals surface area contributed by atoms with E-state index in [9.17, 15) is 14.0 Å². The van der Waals surface area contributed by atoms with Crippen molar-refractivity contribution in [2.45, 2.75) is 20.4 Å². The quantitative estimate of drug-likeness (QED) is 0.945. The summed E-state index contributed by atoms with van der Waals surface area (Å²) in [7, 11) is 0. The van der Waals surface area contributed by atoms with Gasteiger partial charge in [-0.05, 0) is 43.2 Å². The molecule has 3 rings (SSSR count). The van der Waals surface area contributed by atoms with Crippen molar-refractivity contribution in [1.29, 1.82) is 0 Å². The molecule has 0 saturated carbocycles. The lowest BCUT2D eigenvalue weighted by Crippen LogP contribution is -2.24. The first kappa shape index (κ1) is 15.2. The average molecular weight is 312 g/mol. The normalized spacial score (nSPS) is 13.2. The number of amides is 2. The van der Waals surface area contributed by atoms with Crippen LogP contribution in [0.1, 0.15) is 38.8 Å². The van der Waals surface area contributed by atoms with Crippen LogP contribution >= 0.6 is 0 Å². The summed E-state index contributed by atoms with van der Waals surface area (Å²) in [6.07, 6.45) is 0. The zero-order valence-corrected chi connectivity index (χ0v) is 13.0. The highest BCUT2D eigenvalue weighted by Gasteiger charge is 2.30. The maximum absolute atomic E-state index is 13.6. The molecule has 0 aliphatic carbocycles. The molecule has 1 N–H and O–H groups in total. The molecule has 0 atom stereocenters. The van der Waals surface area contributed by atoms with Gasteiger partial charge in [0.05, 0.1) is 11.1 Å². The van der Waals surface area contributed by atoms with Crippen molar-refractivity contribution in [3.05, 3.63) is 64.5 Å². The number of hydrogen-bond donors (Lipinski definition) is 1. The van der Waals surface area contributed by atoms with Crippen LogP contribution in [0.4, 0.5) is 10.1 Å². The Morgan fingerprint density at radius 3 is 2.78 bits per heavy atom. The molecule has 1 heterocycles. The third-order valence-corrected chi connectivity index (χ3v) is 4.07. The summed E-state index contributed by atoms with van der Waals surface area (Å²) in [6, 6.07) is 9.75. The molecule has 0 aromatic heterocycles. The van der Waals surface area contributed by atoms with E-state index < -0.39 is 5.91 Å². The van der Waals surface area contributed by atoms with Gasteiger partial charge in [-0.25, -0.2) is 4.39 Å². The maximum atomic E-state index is 13.6. The van der Waals surface area contributed by atoms with Gasteiger partial charge in [0.15, 0.2) is 0 Å². The third-order valence-electron chi connectivity index (χ3n) is 4.07. The second-order valence-corrected chi connectivity index (χ2v) is 5.58. The third kappa shape index (κ3) is 2.70. The Balaban J connectivity index is 1.91. The van der Waals surface area contributed by atoms with Gasteiger partial charge in [-0.2, -0.15) is 0 Å². The fourth-order valence-corrected chi connectivity index (χ4v) is 2.73. The molecule has 0 saturated heterocycles. The van der Waals surface area contributed by atoms with Crippen LogP contribution in [-0.2, 0) is 6.54 Å². The number of aryl methyl sites for hydroxylation is 1. The summed E-state index contributed by atoms with van der Waals surface area (Å²) in [6.45, 7) is 4.67. The Morgan fingerprint density at radius 2 is 2.09 bits per heavy atom. The first-order valence-corrected chi connectivity index (χ1v) is 7.50. The standard InChI is InChI=1S/C18H17FN2O2/c1-3-21-10-12-5-4-6-14(16(12)18(21)23)17(22)20-13-8-7-11(2)15(19)9-13/h4-9H,3,10H2,1-2H3,(H,20,22). The number of carbonyl (C=O) groups excluding carboxylic acids is 2. The maximum Gasteiger partial charge on any atom is 0.256 e. The molecule has 5 heteroatoms. The lowest BCUT2D eigenvalue weighted by atomic mass is 10.0. The fourth-order valence-electron chi connectivity index (χ4n) is 2.73. The lowest BCUT2D eigenvalue weighted by molar-refractivity contribution is 0.0783. The fraction of sp³-hybridized carbons (Fsp3) is 0.222. The Morgan fingerprint density at radius 1 is 1.30 bits per heavy atom. The molecule has 0 unspecified atom stereocenters. The molecular formula is C18H17FN2O2. The molecule has 1 aliphatic heterocycles. The lowest BCUT2D eigenvalue weighted by Gasteiger charge is -2.12. The van der Waals surface area contributed by atoms with E-state index in [1.54, 1.807) is 36.1 Å². The highest BCUT2D eigenvalue weighted by Crippen LogP contribution is 2.26. The Hall–Kier alpha value is -2.69. The van der Waals surface area contributed by atoms with Gasteiger partial charge in [-0.1, -0.05) is 18.2 Å². The number of rotatable bonds is 3. The van der Waals surface area contributed by atoms with E-state index in [0.717, 1.165) is 5.56 Å². The van der Waals surface area contributed by atoms with Crippen LogP contribution < -0.4 is 5.32 Å². The Labute approximate surface area is 133 Å². The van der Waals surface area contributed by atoms with E-state index in [4.69, 9.17) is 0 Å². The molecule has 0 spiro atoms. The molecule has 4 nitrogen and oxygen atoms in total. The van der Waals surface area contributed by atoms with Crippen LogP contribution in [0.5, 0.6) is 0 Å². The van der Waals surface area contributed by atoms with Crippen molar-refractivity contribution in [3.63, 3.8) is 0 Å². The summed E-state index contributed by atoms with van der Waals surface area (Å²) in [5.41, 5.74) is 2.49. The summed E-state index contributed by atoms with van der Waals surface area (Å²) in [5, 5.41) is 2.66. The SMILES string of the molecule is CCN1Cc2cccc(C(=O)Nc3ccc(C)c(F)c3)c2C1=O. The molecule has 23 heavy (non-hydrogen) atoms. The highest BCUT2D eigenvalue weighted by molar-refractivity contribution is 6.13. The molecule has 0 radical (unpaired) electrons. The van der Waals surface area contributed by atoms with E-state index in [0.29, 0.717) is 35.5 Å². The van der Waals surface area contributed by atoms with Crippen molar-refractivity contribution in [1.82, 2.24) is 4.90 Å². The van der Waals surface area contributed by atoms with Gasteiger partial charge in [0.2, 0.25) is 0 Å². The number of benzene rings is 2. The number of nitrogens with one attached hydrogen (secondary N) is 1. The van der Waals surface area contributed by atoms with Crippen molar-refractivity contribution in [2.24, 2.45) is 0 Å². The van der Waals surface area contributed by atoms with Gasteiger partial charge < -0.3 is 10.2 Å². The topological polar surface area (TPSA) is 49.4 Å². The molecule has 2 aromatic rings. The van der Waals surface area contributed by atoms with E-state index in [1.165, 1.54) is 6.07 Å². The first-order valence-electron chi connectivity index (χ1n) is 7.50. The monoisotopic (exact) mass is 312 g/mol. The molecule has 0 fully saturated rings. The van der Waals surface area contributed by atoms with Gasteiger partial charge in [0.25, 0.3) is 11.8 Å². The molecule has 1 aliphatic rings. The van der Waals surface area contributed by atoms with Crippen LogP contribution in [0.15, 0.2) is 36.4 Å². The van der Waals surface area contributed by atoms with Crippen molar-refractivity contribution >= 4 is 17.5 Å². The minimum absolute atomic E-state index is 0.136. The number of anilines is 1. The predicted octanol–water partition coefficient (Wildman–Crippen LogP) is 3.36. The first-order chi connectivity index (χ1) is 11.0. The van der Waals surface area contributed by atoms with Crippen LogP contribution in [0.2, 0.25) is 0 Å². The van der Waals surface area contributed by atoms with E-state index in [2.05, 4.69) is 5.32 Å². The number of fused-ring (bicyclic) bond motifs is 1. The number of nitrogens with zero attached hydrogens (tertiary/aromatic N) is 1. The van der Waals surface area contributed by atoms with Crippen LogP contribution in [0.25, 0.3) is 0 Å². The van der Waals surface area contributed by atoms with Gasteiger partial charge >= 0.3 is 0 Å². The molecular weight excluding hydrogens is 295 g/mol. The second kappa shape index (κ2) is 5.83. The Kier molecular flexibility index (Phi) is 3.86.